The zero-order valence-electron chi connectivity index (χ0n) is 21.7. The van der Waals surface area contributed by atoms with E-state index in [0.717, 1.165) is 22.4 Å². The molecule has 1 atom stereocenters. The standard InChI is InChI=1S/C29H34FN3O4S/c1-3-20-31-29(35)26(4-2)32(21-19-23-13-7-5-8-14-23)28(34)22-33(27-18-12-11-17-25(27)30)38(36,37)24-15-9-6-10-16-24/h5-18,26H,3-4,19-22H2,1-2H3,(H,31,35)/t26-/m1/s1. The van der Waals surface area contributed by atoms with E-state index in [1.807, 2.05) is 37.3 Å². The first-order chi connectivity index (χ1) is 18.3. The van der Waals surface area contributed by atoms with Gasteiger partial charge in [-0.1, -0.05) is 74.5 Å². The molecule has 0 aromatic heterocycles. The van der Waals surface area contributed by atoms with Crippen molar-refractivity contribution in [2.24, 2.45) is 0 Å². The molecule has 7 nitrogen and oxygen atoms in total. The Morgan fingerprint density at radius 1 is 0.895 bits per heavy atom. The predicted molar refractivity (Wildman–Crippen MR) is 147 cm³/mol. The summed E-state index contributed by atoms with van der Waals surface area (Å²) in [5.41, 5.74) is 0.730. The smallest absolute Gasteiger partial charge is 0.264 e. The average molecular weight is 540 g/mol. The van der Waals surface area contributed by atoms with Gasteiger partial charge in [-0.15, -0.1) is 0 Å². The summed E-state index contributed by atoms with van der Waals surface area (Å²) < 4.78 is 43.0. The normalized spacial score (nSPS) is 12.0. The monoisotopic (exact) mass is 539 g/mol. The Morgan fingerprint density at radius 2 is 1.50 bits per heavy atom. The van der Waals surface area contributed by atoms with Gasteiger partial charge in [0.1, 0.15) is 18.4 Å². The number of sulfonamides is 1. The number of carbonyl (C=O) groups excluding carboxylic acids is 2. The maximum atomic E-state index is 14.9. The Hall–Kier alpha value is -3.72. The molecule has 0 fully saturated rings. The fraction of sp³-hybridized carbons (Fsp3) is 0.310. The van der Waals surface area contributed by atoms with Gasteiger partial charge in [0.05, 0.1) is 10.6 Å². The number of hydrogen-bond acceptors (Lipinski definition) is 4. The Bertz CT molecular complexity index is 1300. The summed E-state index contributed by atoms with van der Waals surface area (Å²) in [4.78, 5) is 28.2. The van der Waals surface area contributed by atoms with Gasteiger partial charge in [0, 0.05) is 13.1 Å². The van der Waals surface area contributed by atoms with Crippen LogP contribution in [-0.2, 0) is 26.0 Å². The molecule has 3 aromatic carbocycles. The molecule has 9 heteroatoms. The molecule has 3 aromatic rings. The van der Waals surface area contributed by atoms with Crippen molar-refractivity contribution in [2.45, 2.75) is 44.0 Å². The van der Waals surface area contributed by atoms with Crippen LogP contribution in [0, 0.1) is 5.82 Å². The topological polar surface area (TPSA) is 86.8 Å². The van der Waals surface area contributed by atoms with Crippen LogP contribution in [0.1, 0.15) is 32.3 Å². The Morgan fingerprint density at radius 3 is 2.11 bits per heavy atom. The maximum Gasteiger partial charge on any atom is 0.264 e. The van der Waals surface area contributed by atoms with Crippen LogP contribution in [0.5, 0.6) is 0 Å². The fourth-order valence-corrected chi connectivity index (χ4v) is 5.59. The van der Waals surface area contributed by atoms with Crippen LogP contribution < -0.4 is 9.62 Å². The van der Waals surface area contributed by atoms with Crippen LogP contribution in [0.3, 0.4) is 0 Å². The van der Waals surface area contributed by atoms with Gasteiger partial charge in [0.2, 0.25) is 11.8 Å². The van der Waals surface area contributed by atoms with E-state index < -0.39 is 34.3 Å². The average Bonchev–Trinajstić information content (AvgIpc) is 2.94. The van der Waals surface area contributed by atoms with Crippen LogP contribution in [0.25, 0.3) is 0 Å². The third-order valence-corrected chi connectivity index (χ3v) is 7.92. The van der Waals surface area contributed by atoms with Crippen molar-refractivity contribution in [2.75, 3.05) is 23.9 Å². The lowest BCUT2D eigenvalue weighted by molar-refractivity contribution is -0.139. The first kappa shape index (κ1) is 28.8. The van der Waals surface area contributed by atoms with Crippen molar-refractivity contribution in [3.63, 3.8) is 0 Å². The van der Waals surface area contributed by atoms with E-state index >= 15 is 0 Å². The lowest BCUT2D eigenvalue weighted by Crippen LogP contribution is -2.53. The van der Waals surface area contributed by atoms with Crippen LogP contribution >= 0.6 is 0 Å². The lowest BCUT2D eigenvalue weighted by Gasteiger charge is -2.33. The highest BCUT2D eigenvalue weighted by atomic mass is 32.2. The highest BCUT2D eigenvalue weighted by molar-refractivity contribution is 7.92. The number of amides is 2. The molecular formula is C29H34FN3O4S. The van der Waals surface area contributed by atoms with E-state index in [9.17, 15) is 22.4 Å². The summed E-state index contributed by atoms with van der Waals surface area (Å²) >= 11 is 0. The zero-order chi connectivity index (χ0) is 27.5. The molecule has 0 radical (unpaired) electrons. The summed E-state index contributed by atoms with van der Waals surface area (Å²) in [7, 11) is -4.29. The van der Waals surface area contributed by atoms with E-state index in [0.29, 0.717) is 19.4 Å². The first-order valence-corrected chi connectivity index (χ1v) is 14.2. The van der Waals surface area contributed by atoms with Gasteiger partial charge in [-0.05, 0) is 49.1 Å². The minimum Gasteiger partial charge on any atom is -0.354 e. The van der Waals surface area contributed by atoms with E-state index in [4.69, 9.17) is 0 Å². The number of carbonyl (C=O) groups is 2. The van der Waals surface area contributed by atoms with Crippen molar-refractivity contribution < 1.29 is 22.4 Å². The second-order valence-corrected chi connectivity index (χ2v) is 10.7. The Balaban J connectivity index is 1.99. The number of nitrogens with zero attached hydrogens (tertiary/aromatic N) is 2. The zero-order valence-corrected chi connectivity index (χ0v) is 22.5. The molecule has 0 saturated carbocycles. The number of rotatable bonds is 13. The predicted octanol–water partition coefficient (Wildman–Crippen LogP) is 4.40. The number of nitrogens with one attached hydrogen (secondary N) is 1. The molecule has 2 amide bonds. The van der Waals surface area contributed by atoms with Gasteiger partial charge in [-0.3, -0.25) is 13.9 Å². The summed E-state index contributed by atoms with van der Waals surface area (Å²) in [6.07, 6.45) is 1.53. The third kappa shape index (κ3) is 7.19. The Kier molecular flexibility index (Phi) is 10.4. The molecule has 0 heterocycles. The minimum absolute atomic E-state index is 0.0698. The number of hydrogen-bond donors (Lipinski definition) is 1. The highest BCUT2D eigenvalue weighted by Gasteiger charge is 2.34. The van der Waals surface area contributed by atoms with Gasteiger partial charge in [-0.25, -0.2) is 12.8 Å². The van der Waals surface area contributed by atoms with Crippen molar-refractivity contribution in [3.05, 3.63) is 96.3 Å². The molecule has 0 unspecified atom stereocenters. The van der Waals surface area contributed by atoms with Gasteiger partial charge < -0.3 is 10.2 Å². The van der Waals surface area contributed by atoms with Gasteiger partial charge in [0.25, 0.3) is 10.0 Å². The number of halogens is 1. The molecular weight excluding hydrogens is 505 g/mol. The Labute approximate surface area is 224 Å². The largest absolute Gasteiger partial charge is 0.354 e. The molecule has 202 valence electrons. The van der Waals surface area contributed by atoms with Crippen LogP contribution in [0.15, 0.2) is 89.8 Å². The molecule has 0 bridgehead atoms. The first-order valence-electron chi connectivity index (χ1n) is 12.7. The van der Waals surface area contributed by atoms with E-state index in [2.05, 4.69) is 5.32 Å². The molecule has 0 spiro atoms. The van der Waals surface area contributed by atoms with Crippen molar-refractivity contribution in [1.82, 2.24) is 10.2 Å². The van der Waals surface area contributed by atoms with Crippen molar-refractivity contribution in [3.8, 4) is 0 Å². The number of benzene rings is 3. The third-order valence-electron chi connectivity index (χ3n) is 6.15. The quantitative estimate of drug-likeness (QED) is 0.349. The fourth-order valence-electron chi connectivity index (χ4n) is 4.15. The summed E-state index contributed by atoms with van der Waals surface area (Å²) in [5.74, 6) is -1.68. The van der Waals surface area contributed by atoms with Gasteiger partial charge in [-0.2, -0.15) is 0 Å². The molecule has 0 aliphatic rings. The lowest BCUT2D eigenvalue weighted by atomic mass is 10.1. The molecule has 0 aliphatic heterocycles. The van der Waals surface area contributed by atoms with Gasteiger partial charge >= 0.3 is 0 Å². The van der Waals surface area contributed by atoms with E-state index in [-0.39, 0.29) is 23.0 Å². The highest BCUT2D eigenvalue weighted by Crippen LogP contribution is 2.26. The molecule has 0 saturated heterocycles. The van der Waals surface area contributed by atoms with Crippen LogP contribution in [-0.4, -0.2) is 50.8 Å². The number of para-hydroxylation sites is 1. The van der Waals surface area contributed by atoms with Crippen LogP contribution in [0.4, 0.5) is 10.1 Å². The van der Waals surface area contributed by atoms with Gasteiger partial charge in [0.15, 0.2) is 0 Å². The summed E-state index contributed by atoms with van der Waals surface area (Å²) in [6, 6.07) is 21.7. The van der Waals surface area contributed by atoms with Crippen molar-refractivity contribution >= 4 is 27.5 Å². The molecule has 38 heavy (non-hydrogen) atoms. The van der Waals surface area contributed by atoms with E-state index in [1.165, 1.54) is 35.2 Å². The molecule has 1 N–H and O–H groups in total. The van der Waals surface area contributed by atoms with Crippen LogP contribution in [0.2, 0.25) is 0 Å². The minimum atomic E-state index is -4.29. The number of anilines is 1. The molecule has 3 rings (SSSR count). The molecule has 0 aliphatic carbocycles. The second kappa shape index (κ2) is 13.7. The summed E-state index contributed by atoms with van der Waals surface area (Å²) in [6.45, 7) is 3.72. The SMILES string of the molecule is CCCNC(=O)[C@@H](CC)N(CCc1ccccc1)C(=O)CN(c1ccccc1F)S(=O)(=O)c1ccccc1. The van der Waals surface area contributed by atoms with Crippen molar-refractivity contribution in [1.29, 1.82) is 0 Å². The van der Waals surface area contributed by atoms with E-state index in [1.54, 1.807) is 25.1 Å². The summed E-state index contributed by atoms with van der Waals surface area (Å²) in [5, 5.41) is 2.84. The maximum absolute atomic E-state index is 14.9. The second-order valence-electron chi connectivity index (χ2n) is 8.81.